The molecular formula is C12H20N2O6. The number of ether oxygens (including phenoxy) is 1. The van der Waals surface area contributed by atoms with Crippen molar-refractivity contribution in [3.05, 3.63) is 0 Å². The summed E-state index contributed by atoms with van der Waals surface area (Å²) in [6, 6.07) is 0. The summed E-state index contributed by atoms with van der Waals surface area (Å²) in [5, 5.41) is 17.4. The molecule has 1 heterocycles. The Kier molecular flexibility index (Phi) is 5.90. The molecule has 0 spiro atoms. The van der Waals surface area contributed by atoms with Crippen molar-refractivity contribution < 1.29 is 29.3 Å². The molecule has 1 fully saturated rings. The number of amides is 1. The zero-order chi connectivity index (χ0) is 15.3. The van der Waals surface area contributed by atoms with Crippen LogP contribution in [0, 0.1) is 0 Å². The number of carbonyl (C=O) groups excluding carboxylic acids is 1. The van der Waals surface area contributed by atoms with Gasteiger partial charge in [0, 0.05) is 13.1 Å². The third kappa shape index (κ3) is 5.54. The number of rotatable bonds is 6. The van der Waals surface area contributed by atoms with E-state index in [0.717, 1.165) is 4.90 Å². The lowest BCUT2D eigenvalue weighted by Gasteiger charge is -2.36. The highest BCUT2D eigenvalue weighted by atomic mass is 16.5. The van der Waals surface area contributed by atoms with E-state index in [1.165, 1.54) is 0 Å². The molecule has 8 heteroatoms. The number of hydrogen-bond acceptors (Lipinski definition) is 5. The molecule has 20 heavy (non-hydrogen) atoms. The third-order valence-electron chi connectivity index (χ3n) is 2.85. The highest BCUT2D eigenvalue weighted by Gasteiger charge is 2.27. The zero-order valence-electron chi connectivity index (χ0n) is 11.6. The molecule has 0 saturated carbocycles. The summed E-state index contributed by atoms with van der Waals surface area (Å²) in [4.78, 5) is 36.1. The van der Waals surface area contributed by atoms with Gasteiger partial charge < -0.3 is 19.8 Å². The van der Waals surface area contributed by atoms with Crippen LogP contribution in [-0.2, 0) is 19.1 Å². The average molecular weight is 288 g/mol. The molecule has 2 N–H and O–H groups in total. The summed E-state index contributed by atoms with van der Waals surface area (Å²) < 4.78 is 5.50. The Morgan fingerprint density at radius 1 is 1.05 bits per heavy atom. The number of carboxylic acid groups (broad SMARTS) is 2. The van der Waals surface area contributed by atoms with Gasteiger partial charge in [-0.05, 0) is 13.8 Å². The van der Waals surface area contributed by atoms with Gasteiger partial charge in [-0.3, -0.25) is 19.3 Å². The maximum atomic E-state index is 12.1. The first-order valence-corrected chi connectivity index (χ1v) is 6.37. The van der Waals surface area contributed by atoms with Gasteiger partial charge in [-0.25, -0.2) is 0 Å². The van der Waals surface area contributed by atoms with Gasteiger partial charge in [-0.1, -0.05) is 0 Å². The van der Waals surface area contributed by atoms with Crippen molar-refractivity contribution in [2.75, 3.05) is 32.7 Å². The van der Waals surface area contributed by atoms with E-state index in [1.54, 1.807) is 4.90 Å². The second-order valence-electron chi connectivity index (χ2n) is 4.99. The quantitative estimate of drug-likeness (QED) is 0.651. The normalized spacial score (nSPS) is 22.9. The lowest BCUT2D eigenvalue weighted by molar-refractivity contribution is -0.147. The number of carbonyl (C=O) groups is 3. The molecule has 0 bridgehead atoms. The molecular weight excluding hydrogens is 268 g/mol. The molecule has 0 aliphatic carbocycles. The minimum atomic E-state index is -1.16. The van der Waals surface area contributed by atoms with Gasteiger partial charge in [0.2, 0.25) is 5.91 Å². The minimum Gasteiger partial charge on any atom is -0.480 e. The van der Waals surface area contributed by atoms with Crippen LogP contribution in [-0.4, -0.2) is 82.8 Å². The number of aliphatic carboxylic acids is 2. The highest BCUT2D eigenvalue weighted by Crippen LogP contribution is 2.11. The zero-order valence-corrected chi connectivity index (χ0v) is 11.6. The predicted octanol–water partition coefficient (Wildman–Crippen LogP) is -0.907. The SMILES string of the molecule is CC1CN(C(=O)CN(CC(=O)O)CC(=O)O)CC(C)O1. The van der Waals surface area contributed by atoms with Crippen molar-refractivity contribution in [1.29, 1.82) is 0 Å². The number of morpholine rings is 1. The van der Waals surface area contributed by atoms with E-state index >= 15 is 0 Å². The Morgan fingerprint density at radius 3 is 1.90 bits per heavy atom. The Balaban J connectivity index is 2.59. The van der Waals surface area contributed by atoms with Crippen molar-refractivity contribution in [1.82, 2.24) is 9.80 Å². The smallest absolute Gasteiger partial charge is 0.317 e. The first-order valence-electron chi connectivity index (χ1n) is 6.37. The third-order valence-corrected chi connectivity index (χ3v) is 2.85. The van der Waals surface area contributed by atoms with Crippen LogP contribution in [0.5, 0.6) is 0 Å². The Bertz CT molecular complexity index is 360. The Labute approximate surface area is 116 Å². The van der Waals surface area contributed by atoms with E-state index in [4.69, 9.17) is 14.9 Å². The lowest BCUT2D eigenvalue weighted by atomic mass is 10.2. The maximum Gasteiger partial charge on any atom is 0.317 e. The molecule has 0 aromatic rings. The summed E-state index contributed by atoms with van der Waals surface area (Å²) >= 11 is 0. The molecule has 1 amide bonds. The van der Waals surface area contributed by atoms with Gasteiger partial charge in [0.25, 0.3) is 0 Å². The van der Waals surface area contributed by atoms with Crippen LogP contribution in [0.1, 0.15) is 13.8 Å². The fourth-order valence-corrected chi connectivity index (χ4v) is 2.22. The van der Waals surface area contributed by atoms with Gasteiger partial charge in [-0.2, -0.15) is 0 Å². The Hall–Kier alpha value is -1.67. The molecule has 0 aromatic heterocycles. The van der Waals surface area contributed by atoms with Gasteiger partial charge in [0.1, 0.15) is 0 Å². The van der Waals surface area contributed by atoms with Crippen molar-refractivity contribution in [2.45, 2.75) is 26.1 Å². The van der Waals surface area contributed by atoms with Crippen LogP contribution < -0.4 is 0 Å². The fraction of sp³-hybridized carbons (Fsp3) is 0.750. The largest absolute Gasteiger partial charge is 0.480 e. The van der Waals surface area contributed by atoms with E-state index < -0.39 is 25.0 Å². The number of hydrogen-bond donors (Lipinski definition) is 2. The van der Waals surface area contributed by atoms with Crippen LogP contribution in [0.15, 0.2) is 0 Å². The van der Waals surface area contributed by atoms with E-state index in [1.807, 2.05) is 13.8 Å². The second kappa shape index (κ2) is 7.20. The van der Waals surface area contributed by atoms with Gasteiger partial charge in [0.05, 0.1) is 31.8 Å². The molecule has 0 aromatic carbocycles. The average Bonchev–Trinajstić information content (AvgIpc) is 2.25. The van der Waals surface area contributed by atoms with E-state index in [0.29, 0.717) is 13.1 Å². The molecule has 114 valence electrons. The monoisotopic (exact) mass is 288 g/mol. The molecule has 1 saturated heterocycles. The Morgan fingerprint density at radius 2 is 1.50 bits per heavy atom. The van der Waals surface area contributed by atoms with Gasteiger partial charge in [0.15, 0.2) is 0 Å². The molecule has 1 aliphatic heterocycles. The lowest BCUT2D eigenvalue weighted by Crippen LogP contribution is -2.52. The molecule has 8 nitrogen and oxygen atoms in total. The van der Waals surface area contributed by atoms with E-state index in [9.17, 15) is 14.4 Å². The van der Waals surface area contributed by atoms with Crippen molar-refractivity contribution in [3.63, 3.8) is 0 Å². The van der Waals surface area contributed by atoms with Gasteiger partial charge in [-0.15, -0.1) is 0 Å². The van der Waals surface area contributed by atoms with Crippen LogP contribution in [0.25, 0.3) is 0 Å². The maximum absolute atomic E-state index is 12.1. The van der Waals surface area contributed by atoms with Crippen LogP contribution >= 0.6 is 0 Å². The van der Waals surface area contributed by atoms with E-state index in [2.05, 4.69) is 0 Å². The summed E-state index contributed by atoms with van der Waals surface area (Å²) in [5.74, 6) is -2.61. The fourth-order valence-electron chi connectivity index (χ4n) is 2.22. The van der Waals surface area contributed by atoms with E-state index in [-0.39, 0.29) is 24.7 Å². The number of carboxylic acids is 2. The minimum absolute atomic E-state index is 0.0879. The standard InChI is InChI=1S/C12H20N2O6/c1-8-3-14(4-9(2)20-8)10(15)5-13(6-11(16)17)7-12(18)19/h8-9H,3-7H2,1-2H3,(H,16,17)(H,18,19). The second-order valence-corrected chi connectivity index (χ2v) is 4.99. The molecule has 0 radical (unpaired) electrons. The summed E-state index contributed by atoms with van der Waals surface area (Å²) in [6.07, 6.45) is -0.176. The van der Waals surface area contributed by atoms with Crippen molar-refractivity contribution in [3.8, 4) is 0 Å². The topological polar surface area (TPSA) is 107 Å². The van der Waals surface area contributed by atoms with Crippen LogP contribution in [0.4, 0.5) is 0 Å². The summed E-state index contributed by atoms with van der Waals surface area (Å²) in [5.41, 5.74) is 0. The van der Waals surface area contributed by atoms with Gasteiger partial charge >= 0.3 is 11.9 Å². The van der Waals surface area contributed by atoms with Crippen molar-refractivity contribution in [2.24, 2.45) is 0 Å². The molecule has 2 atom stereocenters. The molecule has 2 unspecified atom stereocenters. The predicted molar refractivity (Wildman–Crippen MR) is 68.3 cm³/mol. The van der Waals surface area contributed by atoms with Crippen molar-refractivity contribution >= 4 is 17.8 Å². The summed E-state index contributed by atoms with van der Waals surface area (Å²) in [7, 11) is 0. The first kappa shape index (κ1) is 16.4. The first-order chi connectivity index (χ1) is 9.27. The van der Waals surface area contributed by atoms with Crippen LogP contribution in [0.2, 0.25) is 0 Å². The highest BCUT2D eigenvalue weighted by molar-refractivity contribution is 5.80. The van der Waals surface area contributed by atoms with Crippen LogP contribution in [0.3, 0.4) is 0 Å². The number of nitrogens with zero attached hydrogens (tertiary/aromatic N) is 2. The summed E-state index contributed by atoms with van der Waals surface area (Å²) in [6.45, 7) is 3.37. The molecule has 1 rings (SSSR count). The molecule has 1 aliphatic rings.